The van der Waals surface area contributed by atoms with Gasteiger partial charge in [-0.25, -0.2) is 0 Å². The van der Waals surface area contributed by atoms with Crippen molar-refractivity contribution in [1.82, 2.24) is 4.98 Å². The van der Waals surface area contributed by atoms with E-state index in [1.807, 2.05) is 24.3 Å². The van der Waals surface area contributed by atoms with Crippen LogP contribution in [0.1, 0.15) is 18.9 Å². The van der Waals surface area contributed by atoms with Gasteiger partial charge in [0.2, 0.25) is 0 Å². The average Bonchev–Trinajstić information content (AvgIpc) is 2.39. The molecule has 0 atom stereocenters. The van der Waals surface area contributed by atoms with Gasteiger partial charge in [-0.15, -0.1) is 0 Å². The molecule has 0 saturated heterocycles. The maximum atomic E-state index is 11.2. The smallest absolute Gasteiger partial charge is 0.309 e. The molecule has 3 nitrogen and oxygen atoms in total. The van der Waals surface area contributed by atoms with Crippen LogP contribution in [0.3, 0.4) is 0 Å². The number of carbonyl (C=O) groups excluding carboxylic acids is 1. The van der Waals surface area contributed by atoms with Crippen LogP contribution in [0.5, 0.6) is 0 Å². The van der Waals surface area contributed by atoms with Crippen LogP contribution >= 0.6 is 11.6 Å². The predicted octanol–water partition coefficient (Wildman–Crippen LogP) is 3.85. The van der Waals surface area contributed by atoms with E-state index in [4.69, 9.17) is 16.3 Å². The molecule has 0 fully saturated rings. The van der Waals surface area contributed by atoms with E-state index in [0.29, 0.717) is 11.6 Å². The number of ether oxygens (including phenoxy) is 1. The molecule has 0 unspecified atom stereocenters. The normalized spacial score (nSPS) is 11.1. The Morgan fingerprint density at radius 2 is 2.26 bits per heavy atom. The van der Waals surface area contributed by atoms with Crippen molar-refractivity contribution in [2.24, 2.45) is 0 Å². The van der Waals surface area contributed by atoms with Crippen molar-refractivity contribution in [3.63, 3.8) is 0 Å². The molecule has 1 heterocycles. The summed E-state index contributed by atoms with van der Waals surface area (Å²) in [6, 6.07) is 7.56. The van der Waals surface area contributed by atoms with Gasteiger partial charge in [0.15, 0.2) is 0 Å². The van der Waals surface area contributed by atoms with E-state index in [9.17, 15) is 4.79 Å². The van der Waals surface area contributed by atoms with Crippen molar-refractivity contribution in [2.75, 3.05) is 6.61 Å². The standard InChI is InChI=1S/C15H14ClNO2/c1-2-19-15(18)5-3-4-11-6-7-12-13(16)8-9-17-14(12)10-11/h3-4,6-10H,2,5H2,1H3. The zero-order valence-corrected chi connectivity index (χ0v) is 11.4. The van der Waals surface area contributed by atoms with E-state index in [0.717, 1.165) is 16.5 Å². The first-order valence-corrected chi connectivity index (χ1v) is 6.45. The second kappa shape index (κ2) is 6.34. The Balaban J connectivity index is 2.13. The van der Waals surface area contributed by atoms with Crippen LogP contribution in [0, 0.1) is 0 Å². The molecule has 0 aliphatic rings. The highest BCUT2D eigenvalue weighted by molar-refractivity contribution is 6.35. The monoisotopic (exact) mass is 275 g/mol. The number of halogens is 1. The molecular formula is C15H14ClNO2. The maximum absolute atomic E-state index is 11.2. The lowest BCUT2D eigenvalue weighted by Crippen LogP contribution is -2.01. The first kappa shape index (κ1) is 13.6. The van der Waals surface area contributed by atoms with E-state index < -0.39 is 0 Å². The number of rotatable bonds is 4. The van der Waals surface area contributed by atoms with Crippen molar-refractivity contribution >= 4 is 34.5 Å². The van der Waals surface area contributed by atoms with E-state index in [1.54, 1.807) is 25.3 Å². The molecule has 98 valence electrons. The Kier molecular flexibility index (Phi) is 4.53. The molecule has 2 aromatic rings. The maximum Gasteiger partial charge on any atom is 0.309 e. The average molecular weight is 276 g/mol. The van der Waals surface area contributed by atoms with E-state index >= 15 is 0 Å². The molecule has 0 radical (unpaired) electrons. The fourth-order valence-corrected chi connectivity index (χ4v) is 1.96. The Labute approximate surface area is 116 Å². The molecule has 0 amide bonds. The van der Waals surface area contributed by atoms with Crippen molar-refractivity contribution in [3.05, 3.63) is 47.1 Å². The minimum Gasteiger partial charge on any atom is -0.466 e. The van der Waals surface area contributed by atoms with Gasteiger partial charge >= 0.3 is 5.97 Å². The molecule has 0 saturated carbocycles. The summed E-state index contributed by atoms with van der Waals surface area (Å²) >= 11 is 6.07. The van der Waals surface area contributed by atoms with Crippen LogP contribution in [0.25, 0.3) is 17.0 Å². The lowest BCUT2D eigenvalue weighted by atomic mass is 10.1. The number of benzene rings is 1. The van der Waals surface area contributed by atoms with Gasteiger partial charge in [0.1, 0.15) is 0 Å². The highest BCUT2D eigenvalue weighted by Crippen LogP contribution is 2.22. The number of hydrogen-bond donors (Lipinski definition) is 0. The number of pyridine rings is 1. The van der Waals surface area contributed by atoms with Crippen LogP contribution in [-0.2, 0) is 9.53 Å². The molecule has 2 rings (SSSR count). The van der Waals surface area contributed by atoms with Crippen molar-refractivity contribution in [2.45, 2.75) is 13.3 Å². The quantitative estimate of drug-likeness (QED) is 0.796. The molecule has 0 spiro atoms. The summed E-state index contributed by atoms with van der Waals surface area (Å²) in [5.74, 6) is -0.222. The van der Waals surface area contributed by atoms with Gasteiger partial charge in [-0.2, -0.15) is 0 Å². The minimum atomic E-state index is -0.222. The number of hydrogen-bond acceptors (Lipinski definition) is 3. The van der Waals surface area contributed by atoms with Gasteiger partial charge in [-0.05, 0) is 24.6 Å². The molecule has 1 aromatic carbocycles. The molecule has 0 aliphatic carbocycles. The molecule has 1 aromatic heterocycles. The topological polar surface area (TPSA) is 39.2 Å². The van der Waals surface area contributed by atoms with E-state index in [2.05, 4.69) is 4.98 Å². The number of carbonyl (C=O) groups is 1. The lowest BCUT2D eigenvalue weighted by molar-refractivity contribution is -0.142. The number of esters is 1. The van der Waals surface area contributed by atoms with Gasteiger partial charge in [-0.1, -0.05) is 35.9 Å². The summed E-state index contributed by atoms with van der Waals surface area (Å²) in [7, 11) is 0. The Bertz CT molecular complexity index is 623. The molecule has 0 N–H and O–H groups in total. The third-order valence-electron chi connectivity index (χ3n) is 2.61. The van der Waals surface area contributed by atoms with Crippen LogP contribution in [0.4, 0.5) is 0 Å². The number of nitrogens with zero attached hydrogens (tertiary/aromatic N) is 1. The number of fused-ring (bicyclic) bond motifs is 1. The van der Waals surface area contributed by atoms with Crippen molar-refractivity contribution in [3.8, 4) is 0 Å². The van der Waals surface area contributed by atoms with Gasteiger partial charge < -0.3 is 4.74 Å². The Hall–Kier alpha value is -1.87. The van der Waals surface area contributed by atoms with Crippen molar-refractivity contribution in [1.29, 1.82) is 0 Å². The highest BCUT2D eigenvalue weighted by Gasteiger charge is 2.00. The predicted molar refractivity (Wildman–Crippen MR) is 77.0 cm³/mol. The fourth-order valence-electron chi connectivity index (χ4n) is 1.75. The summed E-state index contributed by atoms with van der Waals surface area (Å²) in [6.07, 6.45) is 5.61. The summed E-state index contributed by atoms with van der Waals surface area (Å²) in [4.78, 5) is 15.5. The first-order chi connectivity index (χ1) is 9.20. The third-order valence-corrected chi connectivity index (χ3v) is 2.94. The van der Waals surface area contributed by atoms with Gasteiger partial charge in [0, 0.05) is 11.6 Å². The minimum absolute atomic E-state index is 0.222. The molecule has 4 heteroatoms. The van der Waals surface area contributed by atoms with Gasteiger partial charge in [0.05, 0.1) is 23.6 Å². The second-order valence-corrected chi connectivity index (χ2v) is 4.39. The summed E-state index contributed by atoms with van der Waals surface area (Å²) < 4.78 is 4.85. The summed E-state index contributed by atoms with van der Waals surface area (Å²) in [5, 5.41) is 1.61. The highest BCUT2D eigenvalue weighted by atomic mass is 35.5. The van der Waals surface area contributed by atoms with Crippen molar-refractivity contribution < 1.29 is 9.53 Å². The molecule has 19 heavy (non-hydrogen) atoms. The van der Waals surface area contributed by atoms with Crippen LogP contribution < -0.4 is 0 Å². The van der Waals surface area contributed by atoms with Crippen LogP contribution in [-0.4, -0.2) is 17.6 Å². The van der Waals surface area contributed by atoms with Gasteiger partial charge in [-0.3, -0.25) is 9.78 Å². The Morgan fingerprint density at radius 3 is 3.05 bits per heavy atom. The van der Waals surface area contributed by atoms with E-state index in [-0.39, 0.29) is 12.4 Å². The Morgan fingerprint density at radius 1 is 1.42 bits per heavy atom. The van der Waals surface area contributed by atoms with Crippen LogP contribution in [0.2, 0.25) is 5.02 Å². The second-order valence-electron chi connectivity index (χ2n) is 3.98. The van der Waals surface area contributed by atoms with E-state index in [1.165, 1.54) is 0 Å². The molecular weight excluding hydrogens is 262 g/mol. The SMILES string of the molecule is CCOC(=O)CC=Cc1ccc2c(Cl)ccnc2c1. The number of aromatic nitrogens is 1. The zero-order chi connectivity index (χ0) is 13.7. The van der Waals surface area contributed by atoms with Crippen LogP contribution in [0.15, 0.2) is 36.5 Å². The third kappa shape index (κ3) is 3.55. The lowest BCUT2D eigenvalue weighted by Gasteiger charge is -2.01. The largest absolute Gasteiger partial charge is 0.466 e. The summed E-state index contributed by atoms with van der Waals surface area (Å²) in [5.41, 5.74) is 1.82. The molecule has 0 aliphatic heterocycles. The fraction of sp³-hybridized carbons (Fsp3) is 0.200. The van der Waals surface area contributed by atoms with Gasteiger partial charge in [0.25, 0.3) is 0 Å². The molecule has 0 bridgehead atoms. The summed E-state index contributed by atoms with van der Waals surface area (Å²) in [6.45, 7) is 2.20. The first-order valence-electron chi connectivity index (χ1n) is 6.07. The zero-order valence-electron chi connectivity index (χ0n) is 10.6.